The Labute approximate surface area is 159 Å². The van der Waals surface area contributed by atoms with E-state index in [4.69, 9.17) is 4.52 Å². The van der Waals surface area contributed by atoms with Crippen molar-refractivity contribution < 1.29 is 9.32 Å². The molecular weight excluding hydrogens is 358 g/mol. The number of hydrogen-bond donors (Lipinski definition) is 1. The van der Waals surface area contributed by atoms with Crippen LogP contribution in [0.5, 0.6) is 0 Å². The SMILES string of the molecule is O=C(CCn1cnc2ccccc2c1=O)NCc1nc(-c2ccccc2)no1. The van der Waals surface area contributed by atoms with Crippen molar-refractivity contribution in [1.82, 2.24) is 25.0 Å². The molecule has 1 N–H and O–H groups in total. The number of carbonyl (C=O) groups excluding carboxylic acids is 1. The molecule has 0 saturated carbocycles. The standard InChI is InChI=1S/C20H17N5O3/c26-17(10-11-25-13-22-16-9-5-4-8-15(16)20(25)27)21-12-18-23-19(24-28-18)14-6-2-1-3-7-14/h1-9,13H,10-12H2,(H,21,26). The summed E-state index contributed by atoms with van der Waals surface area (Å²) in [7, 11) is 0. The predicted molar refractivity (Wildman–Crippen MR) is 102 cm³/mol. The molecule has 2 heterocycles. The molecule has 0 aliphatic heterocycles. The van der Waals surface area contributed by atoms with Crippen LogP contribution in [0, 0.1) is 0 Å². The van der Waals surface area contributed by atoms with Crippen molar-refractivity contribution >= 4 is 16.8 Å². The third-order valence-electron chi connectivity index (χ3n) is 4.25. The maximum absolute atomic E-state index is 12.4. The van der Waals surface area contributed by atoms with Crippen LogP contribution in [0.25, 0.3) is 22.3 Å². The molecule has 4 rings (SSSR count). The second kappa shape index (κ2) is 7.83. The highest BCUT2D eigenvalue weighted by atomic mass is 16.5. The summed E-state index contributed by atoms with van der Waals surface area (Å²) in [6.45, 7) is 0.366. The van der Waals surface area contributed by atoms with E-state index >= 15 is 0 Å². The van der Waals surface area contributed by atoms with E-state index in [1.54, 1.807) is 18.2 Å². The van der Waals surface area contributed by atoms with E-state index in [1.807, 2.05) is 36.4 Å². The van der Waals surface area contributed by atoms with Gasteiger partial charge in [-0.05, 0) is 12.1 Å². The topological polar surface area (TPSA) is 103 Å². The number of rotatable bonds is 6. The predicted octanol–water partition coefficient (Wildman–Crippen LogP) is 2.15. The number of hydrogen-bond acceptors (Lipinski definition) is 6. The van der Waals surface area contributed by atoms with Gasteiger partial charge in [-0.1, -0.05) is 47.6 Å². The summed E-state index contributed by atoms with van der Waals surface area (Å²) in [5.41, 5.74) is 1.31. The summed E-state index contributed by atoms with van der Waals surface area (Å²) >= 11 is 0. The van der Waals surface area contributed by atoms with Crippen LogP contribution in [0.1, 0.15) is 12.3 Å². The number of para-hydroxylation sites is 1. The summed E-state index contributed by atoms with van der Waals surface area (Å²) in [6, 6.07) is 16.5. The number of amides is 1. The summed E-state index contributed by atoms with van der Waals surface area (Å²) in [5.74, 6) is 0.565. The van der Waals surface area contributed by atoms with Crippen LogP contribution < -0.4 is 10.9 Å². The number of nitrogens with zero attached hydrogens (tertiary/aromatic N) is 4. The molecule has 1 amide bonds. The molecule has 2 aromatic heterocycles. The van der Waals surface area contributed by atoms with Crippen molar-refractivity contribution in [3.63, 3.8) is 0 Å². The van der Waals surface area contributed by atoms with E-state index in [0.29, 0.717) is 22.6 Å². The molecule has 0 aliphatic carbocycles. The summed E-state index contributed by atoms with van der Waals surface area (Å²) in [6.07, 6.45) is 1.60. The van der Waals surface area contributed by atoms with Crippen molar-refractivity contribution in [2.75, 3.05) is 0 Å². The zero-order valence-electron chi connectivity index (χ0n) is 14.9. The van der Waals surface area contributed by atoms with Crippen LogP contribution in [-0.4, -0.2) is 25.6 Å². The average molecular weight is 375 g/mol. The van der Waals surface area contributed by atoms with Gasteiger partial charge in [-0.2, -0.15) is 4.98 Å². The Bertz CT molecular complexity index is 1170. The van der Waals surface area contributed by atoms with Gasteiger partial charge < -0.3 is 9.84 Å². The monoisotopic (exact) mass is 375 g/mol. The zero-order valence-corrected chi connectivity index (χ0v) is 14.9. The Balaban J connectivity index is 1.34. The van der Waals surface area contributed by atoms with E-state index in [0.717, 1.165) is 5.56 Å². The minimum absolute atomic E-state index is 0.129. The van der Waals surface area contributed by atoms with Crippen LogP contribution in [0.4, 0.5) is 0 Å². The molecule has 0 unspecified atom stereocenters. The van der Waals surface area contributed by atoms with Gasteiger partial charge in [0.15, 0.2) is 0 Å². The lowest BCUT2D eigenvalue weighted by Crippen LogP contribution is -2.27. The van der Waals surface area contributed by atoms with E-state index < -0.39 is 0 Å². The second-order valence-electron chi connectivity index (χ2n) is 6.16. The lowest BCUT2D eigenvalue weighted by Gasteiger charge is -2.06. The molecule has 0 spiro atoms. The highest BCUT2D eigenvalue weighted by Crippen LogP contribution is 2.14. The van der Waals surface area contributed by atoms with Gasteiger partial charge in [-0.3, -0.25) is 14.2 Å². The fraction of sp³-hybridized carbons (Fsp3) is 0.150. The van der Waals surface area contributed by atoms with Gasteiger partial charge in [0.2, 0.25) is 17.6 Å². The minimum atomic E-state index is -0.223. The molecule has 0 fully saturated rings. The van der Waals surface area contributed by atoms with Gasteiger partial charge in [0.05, 0.1) is 23.8 Å². The fourth-order valence-electron chi connectivity index (χ4n) is 2.78. The molecule has 8 nitrogen and oxygen atoms in total. The Hall–Kier alpha value is -3.81. The molecule has 0 aliphatic rings. The first-order valence-electron chi connectivity index (χ1n) is 8.79. The van der Waals surface area contributed by atoms with E-state index in [1.165, 1.54) is 10.9 Å². The Morgan fingerprint density at radius 3 is 2.71 bits per heavy atom. The molecule has 4 aromatic rings. The van der Waals surface area contributed by atoms with E-state index in [-0.39, 0.29) is 31.0 Å². The molecule has 0 atom stereocenters. The highest BCUT2D eigenvalue weighted by Gasteiger charge is 2.10. The van der Waals surface area contributed by atoms with Gasteiger partial charge in [0.1, 0.15) is 0 Å². The maximum atomic E-state index is 12.4. The second-order valence-corrected chi connectivity index (χ2v) is 6.16. The van der Waals surface area contributed by atoms with Crippen LogP contribution in [0.2, 0.25) is 0 Å². The van der Waals surface area contributed by atoms with Crippen molar-refractivity contribution in [3.8, 4) is 11.4 Å². The van der Waals surface area contributed by atoms with Crippen molar-refractivity contribution in [2.24, 2.45) is 0 Å². The third kappa shape index (κ3) is 3.80. The summed E-state index contributed by atoms with van der Waals surface area (Å²) in [4.78, 5) is 33.0. The minimum Gasteiger partial charge on any atom is -0.347 e. The first kappa shape index (κ1) is 17.6. The van der Waals surface area contributed by atoms with Gasteiger partial charge in [-0.25, -0.2) is 4.98 Å². The van der Waals surface area contributed by atoms with Crippen LogP contribution in [-0.2, 0) is 17.9 Å². The van der Waals surface area contributed by atoms with Crippen molar-refractivity contribution in [2.45, 2.75) is 19.5 Å². The number of carbonyl (C=O) groups is 1. The largest absolute Gasteiger partial charge is 0.347 e. The van der Waals surface area contributed by atoms with Gasteiger partial charge in [0, 0.05) is 18.5 Å². The lowest BCUT2D eigenvalue weighted by atomic mass is 10.2. The van der Waals surface area contributed by atoms with Crippen LogP contribution in [0.15, 0.2) is 70.2 Å². The Kier molecular flexibility index (Phi) is 4.92. The zero-order chi connectivity index (χ0) is 19.3. The van der Waals surface area contributed by atoms with Gasteiger partial charge in [0.25, 0.3) is 5.56 Å². The maximum Gasteiger partial charge on any atom is 0.261 e. The van der Waals surface area contributed by atoms with E-state index in [2.05, 4.69) is 20.4 Å². The summed E-state index contributed by atoms with van der Waals surface area (Å²) in [5, 5.41) is 7.16. The normalized spacial score (nSPS) is 10.9. The van der Waals surface area contributed by atoms with E-state index in [9.17, 15) is 9.59 Å². The number of nitrogens with one attached hydrogen (secondary N) is 1. The first-order chi connectivity index (χ1) is 13.7. The lowest BCUT2D eigenvalue weighted by molar-refractivity contribution is -0.121. The number of benzene rings is 2. The molecule has 2 aromatic carbocycles. The molecule has 0 radical (unpaired) electrons. The summed E-state index contributed by atoms with van der Waals surface area (Å²) < 4.78 is 6.59. The average Bonchev–Trinajstić information content (AvgIpc) is 3.22. The fourth-order valence-corrected chi connectivity index (χ4v) is 2.78. The Morgan fingerprint density at radius 1 is 1.07 bits per heavy atom. The van der Waals surface area contributed by atoms with Gasteiger partial charge in [-0.15, -0.1) is 0 Å². The quantitative estimate of drug-likeness (QED) is 0.554. The third-order valence-corrected chi connectivity index (χ3v) is 4.25. The Morgan fingerprint density at radius 2 is 1.86 bits per heavy atom. The first-order valence-corrected chi connectivity index (χ1v) is 8.79. The van der Waals surface area contributed by atoms with Gasteiger partial charge >= 0.3 is 0 Å². The molecule has 28 heavy (non-hydrogen) atoms. The number of aryl methyl sites for hydroxylation is 1. The molecular formula is C20H17N5O3. The smallest absolute Gasteiger partial charge is 0.261 e. The molecule has 8 heteroatoms. The molecule has 0 saturated heterocycles. The van der Waals surface area contributed by atoms with Crippen LogP contribution in [0.3, 0.4) is 0 Å². The number of fused-ring (bicyclic) bond motifs is 1. The van der Waals surface area contributed by atoms with Crippen molar-refractivity contribution in [1.29, 1.82) is 0 Å². The van der Waals surface area contributed by atoms with Crippen LogP contribution >= 0.6 is 0 Å². The highest BCUT2D eigenvalue weighted by molar-refractivity contribution is 5.77. The molecule has 0 bridgehead atoms. The van der Waals surface area contributed by atoms with Crippen molar-refractivity contribution in [3.05, 3.63) is 77.2 Å². The number of aromatic nitrogens is 4. The molecule has 140 valence electrons.